The number of halogens is 1. The third kappa shape index (κ3) is 4.62. The van der Waals surface area contributed by atoms with E-state index in [0.29, 0.717) is 0 Å². The largest absolute Gasteiger partial charge is 0.371 e. The summed E-state index contributed by atoms with van der Waals surface area (Å²) in [5, 5.41) is 0.818. The van der Waals surface area contributed by atoms with Crippen LogP contribution in [-0.2, 0) is 6.42 Å². The van der Waals surface area contributed by atoms with Crippen LogP contribution in [0.2, 0.25) is 5.02 Å². The monoisotopic (exact) mass is 308 g/mol. The first-order valence-corrected chi connectivity index (χ1v) is 8.80. The van der Waals surface area contributed by atoms with Gasteiger partial charge in [-0.1, -0.05) is 38.3 Å². The Labute approximate surface area is 134 Å². The van der Waals surface area contributed by atoms with Gasteiger partial charge in [-0.25, -0.2) is 0 Å². The molecule has 0 aliphatic carbocycles. The Kier molecular flexibility index (Phi) is 6.38. The molecule has 0 saturated carbocycles. The second kappa shape index (κ2) is 8.05. The number of rotatable bonds is 6. The lowest BCUT2D eigenvalue weighted by molar-refractivity contribution is 0.378. The van der Waals surface area contributed by atoms with Crippen molar-refractivity contribution in [3.63, 3.8) is 0 Å². The summed E-state index contributed by atoms with van der Waals surface area (Å²) >= 11 is 6.19. The van der Waals surface area contributed by atoms with Crippen LogP contribution >= 0.6 is 11.6 Å². The molecule has 0 aromatic heterocycles. The molecule has 1 heterocycles. The summed E-state index contributed by atoms with van der Waals surface area (Å²) in [6.07, 6.45) is 7.24. The molecule has 1 aliphatic heterocycles. The molecule has 2 N–H and O–H groups in total. The van der Waals surface area contributed by atoms with Gasteiger partial charge in [0.2, 0.25) is 0 Å². The van der Waals surface area contributed by atoms with Crippen LogP contribution < -0.4 is 10.6 Å². The van der Waals surface area contributed by atoms with Crippen LogP contribution in [0.15, 0.2) is 18.2 Å². The molecule has 1 atom stereocenters. The van der Waals surface area contributed by atoms with Crippen molar-refractivity contribution in [1.29, 1.82) is 0 Å². The van der Waals surface area contributed by atoms with E-state index in [1.54, 1.807) is 0 Å². The molecule has 2 rings (SSSR count). The number of anilines is 1. The van der Waals surface area contributed by atoms with Gasteiger partial charge in [0.1, 0.15) is 0 Å². The predicted octanol–water partition coefficient (Wildman–Crippen LogP) is 4.64. The molecule has 0 spiro atoms. The van der Waals surface area contributed by atoms with Gasteiger partial charge in [0, 0.05) is 29.8 Å². The van der Waals surface area contributed by atoms with Crippen LogP contribution in [0.1, 0.15) is 51.5 Å². The SMILES string of the molecule is CCCC1CCN(c2ccc(Cl)cc2CC(N)CC)CC1. The van der Waals surface area contributed by atoms with Crippen LogP contribution in [0, 0.1) is 5.92 Å². The number of benzene rings is 1. The molecule has 1 unspecified atom stereocenters. The Morgan fingerprint density at radius 2 is 2.00 bits per heavy atom. The van der Waals surface area contributed by atoms with Crippen molar-refractivity contribution < 1.29 is 0 Å². The number of nitrogens with zero attached hydrogens (tertiary/aromatic N) is 1. The predicted molar refractivity (Wildman–Crippen MR) is 93.3 cm³/mol. The van der Waals surface area contributed by atoms with Gasteiger partial charge in [0.05, 0.1) is 0 Å². The van der Waals surface area contributed by atoms with E-state index in [1.807, 2.05) is 6.07 Å². The zero-order chi connectivity index (χ0) is 15.2. The second-order valence-corrected chi connectivity index (χ2v) is 6.80. The molecule has 0 amide bonds. The summed E-state index contributed by atoms with van der Waals surface area (Å²) in [7, 11) is 0. The minimum absolute atomic E-state index is 0.222. The average Bonchev–Trinajstić information content (AvgIpc) is 2.49. The first-order valence-electron chi connectivity index (χ1n) is 8.43. The Bertz CT molecular complexity index is 439. The highest BCUT2D eigenvalue weighted by Gasteiger charge is 2.21. The minimum Gasteiger partial charge on any atom is -0.371 e. The van der Waals surface area contributed by atoms with Gasteiger partial charge in [-0.2, -0.15) is 0 Å². The van der Waals surface area contributed by atoms with Crippen molar-refractivity contribution in [3.8, 4) is 0 Å². The van der Waals surface area contributed by atoms with Crippen molar-refractivity contribution in [2.24, 2.45) is 11.7 Å². The van der Waals surface area contributed by atoms with E-state index >= 15 is 0 Å². The lowest BCUT2D eigenvalue weighted by Gasteiger charge is -2.35. The van der Waals surface area contributed by atoms with Gasteiger partial charge in [-0.3, -0.25) is 0 Å². The van der Waals surface area contributed by atoms with E-state index in [4.69, 9.17) is 17.3 Å². The highest BCUT2D eigenvalue weighted by atomic mass is 35.5. The van der Waals surface area contributed by atoms with E-state index in [2.05, 4.69) is 30.9 Å². The Morgan fingerprint density at radius 1 is 1.29 bits per heavy atom. The highest BCUT2D eigenvalue weighted by Crippen LogP contribution is 2.30. The lowest BCUT2D eigenvalue weighted by atomic mass is 9.91. The molecule has 0 radical (unpaired) electrons. The maximum atomic E-state index is 6.19. The number of hydrogen-bond donors (Lipinski definition) is 1. The van der Waals surface area contributed by atoms with Gasteiger partial charge in [-0.05, 0) is 55.4 Å². The van der Waals surface area contributed by atoms with E-state index in [1.165, 1.54) is 50.0 Å². The second-order valence-electron chi connectivity index (χ2n) is 6.36. The van der Waals surface area contributed by atoms with E-state index in [-0.39, 0.29) is 6.04 Å². The molecule has 2 nitrogen and oxygen atoms in total. The van der Waals surface area contributed by atoms with Crippen LogP contribution in [0.4, 0.5) is 5.69 Å². The molecular weight excluding hydrogens is 280 g/mol. The molecule has 1 aromatic rings. The summed E-state index contributed by atoms with van der Waals surface area (Å²) < 4.78 is 0. The Hall–Kier alpha value is -0.730. The molecule has 118 valence electrons. The fraction of sp³-hybridized carbons (Fsp3) is 0.667. The number of hydrogen-bond acceptors (Lipinski definition) is 2. The normalized spacial score (nSPS) is 18.0. The topological polar surface area (TPSA) is 29.3 Å². The van der Waals surface area contributed by atoms with Gasteiger partial charge < -0.3 is 10.6 Å². The number of piperidine rings is 1. The van der Waals surface area contributed by atoms with Gasteiger partial charge in [0.25, 0.3) is 0 Å². The van der Waals surface area contributed by atoms with Crippen molar-refractivity contribution in [3.05, 3.63) is 28.8 Å². The van der Waals surface area contributed by atoms with Crippen molar-refractivity contribution in [2.45, 2.75) is 58.4 Å². The summed E-state index contributed by atoms with van der Waals surface area (Å²) in [5.74, 6) is 0.917. The lowest BCUT2D eigenvalue weighted by Crippen LogP contribution is -2.34. The first kappa shape index (κ1) is 16.6. The number of nitrogens with two attached hydrogens (primary N) is 1. The average molecular weight is 309 g/mol. The van der Waals surface area contributed by atoms with E-state index in [0.717, 1.165) is 23.8 Å². The van der Waals surface area contributed by atoms with Crippen LogP contribution in [-0.4, -0.2) is 19.1 Å². The van der Waals surface area contributed by atoms with Crippen molar-refractivity contribution >= 4 is 17.3 Å². The maximum Gasteiger partial charge on any atom is 0.0410 e. The molecule has 3 heteroatoms. The smallest absolute Gasteiger partial charge is 0.0410 e. The van der Waals surface area contributed by atoms with Gasteiger partial charge in [-0.15, -0.1) is 0 Å². The summed E-state index contributed by atoms with van der Waals surface area (Å²) in [6.45, 7) is 6.77. The Balaban J connectivity index is 2.09. The zero-order valence-corrected chi connectivity index (χ0v) is 14.2. The third-order valence-electron chi connectivity index (χ3n) is 4.70. The Morgan fingerprint density at radius 3 is 2.62 bits per heavy atom. The van der Waals surface area contributed by atoms with E-state index in [9.17, 15) is 0 Å². The molecule has 1 aromatic carbocycles. The first-order chi connectivity index (χ1) is 10.1. The molecule has 21 heavy (non-hydrogen) atoms. The molecular formula is C18H29ClN2. The summed E-state index contributed by atoms with van der Waals surface area (Å²) in [5.41, 5.74) is 8.81. The van der Waals surface area contributed by atoms with Crippen LogP contribution in [0.25, 0.3) is 0 Å². The van der Waals surface area contributed by atoms with Crippen molar-refractivity contribution in [1.82, 2.24) is 0 Å². The fourth-order valence-electron chi connectivity index (χ4n) is 3.32. The van der Waals surface area contributed by atoms with Gasteiger partial charge in [0.15, 0.2) is 0 Å². The minimum atomic E-state index is 0.222. The zero-order valence-electron chi connectivity index (χ0n) is 13.4. The van der Waals surface area contributed by atoms with E-state index < -0.39 is 0 Å². The highest BCUT2D eigenvalue weighted by molar-refractivity contribution is 6.30. The van der Waals surface area contributed by atoms with Crippen LogP contribution in [0.5, 0.6) is 0 Å². The van der Waals surface area contributed by atoms with Gasteiger partial charge >= 0.3 is 0 Å². The van der Waals surface area contributed by atoms with Crippen LogP contribution in [0.3, 0.4) is 0 Å². The molecule has 1 saturated heterocycles. The molecule has 0 bridgehead atoms. The standard InChI is InChI=1S/C18H29ClN2/c1-3-5-14-8-10-21(11-9-14)18-7-6-16(19)12-15(18)13-17(20)4-2/h6-7,12,14,17H,3-5,8-11,13,20H2,1-2H3. The third-order valence-corrected chi connectivity index (χ3v) is 4.94. The quantitative estimate of drug-likeness (QED) is 0.829. The molecule has 1 aliphatic rings. The maximum absolute atomic E-state index is 6.19. The summed E-state index contributed by atoms with van der Waals surface area (Å²) in [6, 6.07) is 6.51. The van der Waals surface area contributed by atoms with Crippen molar-refractivity contribution in [2.75, 3.05) is 18.0 Å². The fourth-order valence-corrected chi connectivity index (χ4v) is 3.52. The molecule has 1 fully saturated rings. The summed E-state index contributed by atoms with van der Waals surface area (Å²) in [4.78, 5) is 2.53.